The van der Waals surface area contributed by atoms with Crippen LogP contribution in [0.25, 0.3) is 0 Å². The van der Waals surface area contributed by atoms with Gasteiger partial charge in [0.05, 0.1) is 4.92 Å². The van der Waals surface area contributed by atoms with Crippen LogP contribution in [0.4, 0.5) is 5.69 Å². The van der Waals surface area contributed by atoms with Crippen molar-refractivity contribution in [3.63, 3.8) is 0 Å². The predicted molar refractivity (Wildman–Crippen MR) is 95.9 cm³/mol. The number of rotatable bonds is 4. The van der Waals surface area contributed by atoms with Gasteiger partial charge in [-0.2, -0.15) is 0 Å². The molecule has 0 bridgehead atoms. The number of ether oxygens (including phenoxy) is 2. The fourth-order valence-electron chi connectivity index (χ4n) is 2.77. The summed E-state index contributed by atoms with van der Waals surface area (Å²) >= 11 is 5.93. The fourth-order valence-corrected chi connectivity index (χ4v) is 2.90. The van der Waals surface area contributed by atoms with Gasteiger partial charge in [0.15, 0.2) is 0 Å². The van der Waals surface area contributed by atoms with Gasteiger partial charge >= 0.3 is 5.97 Å². The number of carbonyl (C=O) groups is 1. The lowest BCUT2D eigenvalue weighted by molar-refractivity contribution is -0.384. The van der Waals surface area contributed by atoms with E-state index in [1.165, 1.54) is 24.3 Å². The van der Waals surface area contributed by atoms with Gasteiger partial charge in [-0.1, -0.05) is 23.7 Å². The second kappa shape index (κ2) is 6.37. The molecule has 7 heteroatoms. The first-order chi connectivity index (χ1) is 12.1. The number of nitro benzene ring substituents is 1. The number of nitrogens with zero attached hydrogens (tertiary/aromatic N) is 1. The van der Waals surface area contributed by atoms with Gasteiger partial charge in [0.1, 0.15) is 11.7 Å². The third-order valence-electron chi connectivity index (χ3n) is 4.00. The van der Waals surface area contributed by atoms with Crippen LogP contribution in [0.1, 0.15) is 38.0 Å². The normalized spacial score (nSPS) is 21.9. The number of epoxide rings is 1. The van der Waals surface area contributed by atoms with E-state index in [4.69, 9.17) is 21.1 Å². The number of hydrogen-bond acceptors (Lipinski definition) is 5. The molecular weight excluding hydrogens is 358 g/mol. The van der Waals surface area contributed by atoms with E-state index in [1.807, 2.05) is 0 Å². The number of non-ortho nitro benzene ring substituents is 1. The van der Waals surface area contributed by atoms with Gasteiger partial charge in [-0.05, 0) is 56.2 Å². The highest BCUT2D eigenvalue weighted by molar-refractivity contribution is 6.30. The maximum absolute atomic E-state index is 12.9. The first kappa shape index (κ1) is 18.4. The standard InChI is InChI=1S/C19H18ClNO5/c1-18(2,3)26-17(22)19(13-6-10-15(11-7-13)21(23)24)16(25-19)12-4-8-14(20)9-5-12/h4-11,16H,1-3H3. The number of hydrogen-bond donors (Lipinski definition) is 0. The molecule has 0 amide bonds. The zero-order valence-electron chi connectivity index (χ0n) is 14.6. The lowest BCUT2D eigenvalue weighted by Gasteiger charge is -2.23. The number of halogens is 1. The van der Waals surface area contributed by atoms with Crippen molar-refractivity contribution in [2.45, 2.75) is 38.1 Å². The molecular formula is C19H18ClNO5. The Labute approximate surface area is 155 Å². The van der Waals surface area contributed by atoms with E-state index in [9.17, 15) is 14.9 Å². The summed E-state index contributed by atoms with van der Waals surface area (Å²) in [5.41, 5.74) is -0.787. The quantitative estimate of drug-likeness (QED) is 0.338. The summed E-state index contributed by atoms with van der Waals surface area (Å²) < 4.78 is 11.4. The van der Waals surface area contributed by atoms with Gasteiger partial charge in [0.2, 0.25) is 5.60 Å². The maximum Gasteiger partial charge on any atom is 0.346 e. The number of nitro groups is 1. The number of esters is 1. The molecule has 1 aliphatic heterocycles. The monoisotopic (exact) mass is 375 g/mol. The van der Waals surface area contributed by atoms with E-state index in [-0.39, 0.29) is 5.69 Å². The number of benzene rings is 2. The highest BCUT2D eigenvalue weighted by atomic mass is 35.5. The van der Waals surface area contributed by atoms with Gasteiger partial charge in [0, 0.05) is 17.2 Å². The SMILES string of the molecule is CC(C)(C)OC(=O)C1(c2ccc([N+](=O)[O-])cc2)OC1c1ccc(Cl)cc1. The van der Waals surface area contributed by atoms with Crippen LogP contribution >= 0.6 is 11.6 Å². The lowest BCUT2D eigenvalue weighted by atomic mass is 9.91. The summed E-state index contributed by atoms with van der Waals surface area (Å²) in [6.45, 7) is 5.32. The molecule has 1 heterocycles. The summed E-state index contributed by atoms with van der Waals surface area (Å²) in [7, 11) is 0. The molecule has 0 spiro atoms. The Morgan fingerprint density at radius 2 is 1.73 bits per heavy atom. The molecule has 2 aromatic rings. The minimum Gasteiger partial charge on any atom is -0.457 e. The van der Waals surface area contributed by atoms with Crippen LogP contribution in [0.2, 0.25) is 5.02 Å². The van der Waals surface area contributed by atoms with Gasteiger partial charge in [-0.25, -0.2) is 4.79 Å². The largest absolute Gasteiger partial charge is 0.457 e. The highest BCUT2D eigenvalue weighted by Crippen LogP contribution is 2.58. The molecule has 0 saturated carbocycles. The molecule has 1 saturated heterocycles. The van der Waals surface area contributed by atoms with E-state index in [0.717, 1.165) is 5.56 Å². The summed E-state index contributed by atoms with van der Waals surface area (Å²) in [6.07, 6.45) is -0.545. The van der Waals surface area contributed by atoms with Crippen molar-refractivity contribution in [1.29, 1.82) is 0 Å². The third kappa shape index (κ3) is 3.43. The minimum absolute atomic E-state index is 0.0585. The number of carbonyl (C=O) groups excluding carboxylic acids is 1. The Bertz CT molecular complexity index is 842. The van der Waals surface area contributed by atoms with Crippen molar-refractivity contribution >= 4 is 23.3 Å². The van der Waals surface area contributed by atoms with Crippen molar-refractivity contribution in [3.8, 4) is 0 Å². The van der Waals surface area contributed by atoms with Crippen LogP contribution in [0.3, 0.4) is 0 Å². The highest BCUT2D eigenvalue weighted by Gasteiger charge is 2.66. The molecule has 26 heavy (non-hydrogen) atoms. The predicted octanol–water partition coefficient (Wildman–Crippen LogP) is 4.56. The van der Waals surface area contributed by atoms with Crippen molar-refractivity contribution in [2.24, 2.45) is 0 Å². The average Bonchev–Trinajstić information content (AvgIpc) is 3.31. The molecule has 0 aromatic heterocycles. The summed E-state index contributed by atoms with van der Waals surface area (Å²) in [5, 5.41) is 11.5. The van der Waals surface area contributed by atoms with Crippen molar-refractivity contribution in [3.05, 3.63) is 74.8 Å². The Morgan fingerprint density at radius 1 is 1.15 bits per heavy atom. The Hall–Kier alpha value is -2.44. The topological polar surface area (TPSA) is 82.0 Å². The first-order valence-corrected chi connectivity index (χ1v) is 8.43. The van der Waals surface area contributed by atoms with Gasteiger partial charge in [0.25, 0.3) is 5.69 Å². The second-order valence-corrected chi connectivity index (χ2v) is 7.53. The van der Waals surface area contributed by atoms with E-state index in [1.54, 1.807) is 45.0 Å². The molecule has 0 radical (unpaired) electrons. The van der Waals surface area contributed by atoms with Gasteiger partial charge in [-0.3, -0.25) is 10.1 Å². The van der Waals surface area contributed by atoms with Crippen molar-refractivity contribution < 1.29 is 19.2 Å². The summed E-state index contributed by atoms with van der Waals surface area (Å²) in [4.78, 5) is 23.3. The molecule has 1 aliphatic rings. The smallest absolute Gasteiger partial charge is 0.346 e. The van der Waals surface area contributed by atoms with Crippen LogP contribution in [0.15, 0.2) is 48.5 Å². The van der Waals surface area contributed by atoms with E-state index < -0.39 is 28.2 Å². The van der Waals surface area contributed by atoms with Crippen LogP contribution in [0, 0.1) is 10.1 Å². The summed E-state index contributed by atoms with van der Waals surface area (Å²) in [6, 6.07) is 12.7. The second-order valence-electron chi connectivity index (χ2n) is 7.09. The van der Waals surface area contributed by atoms with Crippen LogP contribution in [-0.2, 0) is 19.9 Å². The molecule has 2 unspecified atom stereocenters. The summed E-state index contributed by atoms with van der Waals surface area (Å²) in [5.74, 6) is -0.529. The Kier molecular flexibility index (Phi) is 4.50. The first-order valence-electron chi connectivity index (χ1n) is 8.05. The molecule has 6 nitrogen and oxygen atoms in total. The molecule has 136 valence electrons. The zero-order chi connectivity index (χ0) is 19.1. The van der Waals surface area contributed by atoms with Crippen molar-refractivity contribution in [1.82, 2.24) is 0 Å². The van der Waals surface area contributed by atoms with Crippen LogP contribution in [0.5, 0.6) is 0 Å². The van der Waals surface area contributed by atoms with Crippen LogP contribution in [-0.4, -0.2) is 16.5 Å². The van der Waals surface area contributed by atoms with Gasteiger partial charge in [-0.15, -0.1) is 0 Å². The zero-order valence-corrected chi connectivity index (χ0v) is 15.3. The van der Waals surface area contributed by atoms with E-state index >= 15 is 0 Å². The maximum atomic E-state index is 12.9. The Morgan fingerprint density at radius 3 is 2.23 bits per heavy atom. The van der Waals surface area contributed by atoms with Crippen LogP contribution < -0.4 is 0 Å². The van der Waals surface area contributed by atoms with E-state index in [0.29, 0.717) is 10.6 Å². The van der Waals surface area contributed by atoms with E-state index in [2.05, 4.69) is 0 Å². The molecule has 2 aromatic carbocycles. The fraction of sp³-hybridized carbons (Fsp3) is 0.316. The average molecular weight is 376 g/mol. The molecule has 3 rings (SSSR count). The lowest BCUT2D eigenvalue weighted by Crippen LogP contribution is -2.33. The molecule has 1 fully saturated rings. The third-order valence-corrected chi connectivity index (χ3v) is 4.25. The molecule has 0 aliphatic carbocycles. The molecule has 0 N–H and O–H groups in total. The van der Waals surface area contributed by atoms with Crippen molar-refractivity contribution in [2.75, 3.05) is 0 Å². The van der Waals surface area contributed by atoms with Gasteiger partial charge < -0.3 is 9.47 Å². The minimum atomic E-state index is -1.32. The molecule has 2 atom stereocenters. The Balaban J connectivity index is 1.99.